The van der Waals surface area contributed by atoms with Gasteiger partial charge < -0.3 is 19.7 Å². The fraction of sp³-hybridized carbons (Fsp3) is 0.474. The van der Waals surface area contributed by atoms with E-state index < -0.39 is 0 Å². The number of aliphatic imine (C=N–C) groups is 1. The van der Waals surface area contributed by atoms with Crippen LogP contribution in [0, 0.1) is 6.92 Å². The van der Waals surface area contributed by atoms with Gasteiger partial charge in [0.2, 0.25) is 0 Å². The van der Waals surface area contributed by atoms with Crippen LogP contribution in [0.5, 0.6) is 5.75 Å². The summed E-state index contributed by atoms with van der Waals surface area (Å²) in [6.45, 7) is 4.90. The molecule has 0 atom stereocenters. The largest absolute Gasteiger partial charge is 0.497 e. The molecule has 2 rings (SSSR count). The van der Waals surface area contributed by atoms with Crippen molar-refractivity contribution in [1.82, 2.24) is 15.2 Å². The van der Waals surface area contributed by atoms with Gasteiger partial charge in [0.1, 0.15) is 5.75 Å². The van der Waals surface area contributed by atoms with Crippen molar-refractivity contribution in [3.63, 3.8) is 0 Å². The predicted molar refractivity (Wildman–Crippen MR) is 122 cm³/mol. The minimum atomic E-state index is 0. The van der Waals surface area contributed by atoms with Crippen molar-refractivity contribution in [2.24, 2.45) is 4.99 Å². The molecule has 0 amide bonds. The normalized spacial score (nSPS) is 11.0. The van der Waals surface area contributed by atoms with E-state index in [1.54, 1.807) is 25.5 Å². The first-order valence-electron chi connectivity index (χ1n) is 8.66. The molecule has 150 valence electrons. The molecule has 0 saturated carbocycles. The maximum absolute atomic E-state index is 5.72. The molecule has 8 heteroatoms. The number of hydrogen-bond donors (Lipinski definition) is 1. The third-order valence-corrected chi connectivity index (χ3v) is 4.64. The number of rotatable bonds is 9. The van der Waals surface area contributed by atoms with Crippen LogP contribution in [-0.4, -0.2) is 50.2 Å². The van der Waals surface area contributed by atoms with Gasteiger partial charge in [-0.2, -0.15) is 0 Å². The van der Waals surface area contributed by atoms with Crippen LogP contribution in [0.15, 0.2) is 34.6 Å². The Morgan fingerprint density at radius 2 is 2.04 bits per heavy atom. The summed E-state index contributed by atoms with van der Waals surface area (Å²) >= 11 is 1.67. The predicted octanol–water partition coefficient (Wildman–Crippen LogP) is 3.69. The van der Waals surface area contributed by atoms with Gasteiger partial charge in [-0.3, -0.25) is 4.99 Å². The molecular weight excluding hydrogens is 475 g/mol. The van der Waals surface area contributed by atoms with E-state index in [1.165, 1.54) is 0 Å². The first-order chi connectivity index (χ1) is 12.6. The third-order valence-electron chi connectivity index (χ3n) is 3.82. The van der Waals surface area contributed by atoms with Crippen molar-refractivity contribution < 1.29 is 9.47 Å². The average Bonchev–Trinajstić information content (AvgIpc) is 3.06. The van der Waals surface area contributed by atoms with Crippen LogP contribution in [0.1, 0.15) is 22.7 Å². The Morgan fingerprint density at radius 3 is 2.63 bits per heavy atom. The Kier molecular flexibility index (Phi) is 11.3. The molecule has 0 radical (unpaired) electrons. The van der Waals surface area contributed by atoms with Gasteiger partial charge in [-0.1, -0.05) is 12.1 Å². The van der Waals surface area contributed by atoms with Gasteiger partial charge in [0, 0.05) is 32.6 Å². The van der Waals surface area contributed by atoms with Crippen LogP contribution in [0.25, 0.3) is 0 Å². The SMILES string of the molecule is CN=C(NCCCOCc1ccc(OC)cc1)N(C)Cc1csc(C)n1.I. The van der Waals surface area contributed by atoms with Gasteiger partial charge in [-0.25, -0.2) is 4.98 Å². The van der Waals surface area contributed by atoms with Crippen LogP contribution in [-0.2, 0) is 17.9 Å². The maximum atomic E-state index is 5.72. The van der Waals surface area contributed by atoms with Crippen LogP contribution in [0.3, 0.4) is 0 Å². The number of aromatic nitrogens is 1. The number of benzene rings is 1. The lowest BCUT2D eigenvalue weighted by Crippen LogP contribution is -2.39. The molecule has 0 unspecified atom stereocenters. The molecule has 2 aromatic rings. The summed E-state index contributed by atoms with van der Waals surface area (Å²) in [5, 5.41) is 6.54. The number of halogens is 1. The van der Waals surface area contributed by atoms with Crippen LogP contribution >= 0.6 is 35.3 Å². The second kappa shape index (κ2) is 12.9. The zero-order chi connectivity index (χ0) is 18.8. The van der Waals surface area contributed by atoms with Crippen LogP contribution < -0.4 is 10.1 Å². The molecule has 0 fully saturated rings. The van der Waals surface area contributed by atoms with Gasteiger partial charge in [0.25, 0.3) is 0 Å². The number of hydrogen-bond acceptors (Lipinski definition) is 5. The molecule has 0 aliphatic rings. The summed E-state index contributed by atoms with van der Waals surface area (Å²) in [7, 11) is 5.48. The van der Waals surface area contributed by atoms with Gasteiger partial charge >= 0.3 is 0 Å². The smallest absolute Gasteiger partial charge is 0.193 e. The number of ether oxygens (including phenoxy) is 2. The molecule has 0 aliphatic carbocycles. The van der Waals surface area contributed by atoms with Gasteiger partial charge in [-0.05, 0) is 31.0 Å². The third kappa shape index (κ3) is 8.44. The molecule has 27 heavy (non-hydrogen) atoms. The second-order valence-corrected chi connectivity index (χ2v) is 7.00. The zero-order valence-electron chi connectivity index (χ0n) is 16.4. The fourth-order valence-electron chi connectivity index (χ4n) is 2.47. The summed E-state index contributed by atoms with van der Waals surface area (Å²) in [4.78, 5) is 10.9. The molecule has 0 aliphatic heterocycles. The van der Waals surface area contributed by atoms with Gasteiger partial charge in [-0.15, -0.1) is 35.3 Å². The number of nitrogens with one attached hydrogen (secondary N) is 1. The summed E-state index contributed by atoms with van der Waals surface area (Å²) in [5.41, 5.74) is 2.22. The number of methoxy groups -OCH3 is 1. The fourth-order valence-corrected chi connectivity index (χ4v) is 3.07. The van der Waals surface area contributed by atoms with E-state index in [0.29, 0.717) is 13.2 Å². The quantitative estimate of drug-likeness (QED) is 0.244. The highest BCUT2D eigenvalue weighted by molar-refractivity contribution is 14.0. The summed E-state index contributed by atoms with van der Waals surface area (Å²) < 4.78 is 10.9. The molecule has 6 nitrogen and oxygen atoms in total. The molecule has 1 N–H and O–H groups in total. The van der Waals surface area contributed by atoms with Crippen molar-refractivity contribution in [2.45, 2.75) is 26.5 Å². The summed E-state index contributed by atoms with van der Waals surface area (Å²) in [5.74, 6) is 1.73. The molecule has 1 heterocycles. The lowest BCUT2D eigenvalue weighted by Gasteiger charge is -2.21. The lowest BCUT2D eigenvalue weighted by atomic mass is 10.2. The van der Waals surface area contributed by atoms with Gasteiger partial charge in [0.15, 0.2) is 5.96 Å². The minimum Gasteiger partial charge on any atom is -0.497 e. The van der Waals surface area contributed by atoms with E-state index >= 15 is 0 Å². The molecule has 0 bridgehead atoms. The standard InChI is InChI=1S/C19H28N4O2S.HI/c1-15-22-17(14-26-15)12-23(3)19(20-2)21-10-5-11-25-13-16-6-8-18(24-4)9-7-16;/h6-9,14H,5,10-13H2,1-4H3,(H,20,21);1H. The summed E-state index contributed by atoms with van der Waals surface area (Å²) in [6, 6.07) is 7.94. The Morgan fingerprint density at radius 1 is 1.30 bits per heavy atom. The van der Waals surface area contributed by atoms with Crippen molar-refractivity contribution >= 4 is 41.3 Å². The Balaban J connectivity index is 0.00000364. The van der Waals surface area contributed by atoms with Crippen molar-refractivity contribution in [1.29, 1.82) is 0 Å². The van der Waals surface area contributed by atoms with Gasteiger partial charge in [0.05, 0.1) is 31.0 Å². The zero-order valence-corrected chi connectivity index (χ0v) is 19.5. The van der Waals surface area contributed by atoms with E-state index in [4.69, 9.17) is 9.47 Å². The average molecular weight is 504 g/mol. The van der Waals surface area contributed by atoms with Crippen molar-refractivity contribution in [3.8, 4) is 5.75 Å². The highest BCUT2D eigenvalue weighted by atomic mass is 127. The highest BCUT2D eigenvalue weighted by Gasteiger charge is 2.08. The van der Waals surface area contributed by atoms with Crippen LogP contribution in [0.4, 0.5) is 0 Å². The van der Waals surface area contributed by atoms with E-state index in [0.717, 1.165) is 47.5 Å². The molecule has 1 aromatic carbocycles. The molecule has 0 spiro atoms. The van der Waals surface area contributed by atoms with E-state index in [2.05, 4.69) is 25.6 Å². The Hall–Kier alpha value is -1.39. The monoisotopic (exact) mass is 504 g/mol. The number of guanidine groups is 1. The Labute approximate surface area is 183 Å². The highest BCUT2D eigenvalue weighted by Crippen LogP contribution is 2.12. The Bertz CT molecular complexity index is 691. The topological polar surface area (TPSA) is 59.0 Å². The first kappa shape index (κ1) is 23.6. The number of aryl methyl sites for hydroxylation is 1. The number of nitrogens with zero attached hydrogens (tertiary/aromatic N) is 3. The molecule has 0 saturated heterocycles. The molecule has 1 aromatic heterocycles. The van der Waals surface area contributed by atoms with E-state index in [9.17, 15) is 0 Å². The lowest BCUT2D eigenvalue weighted by molar-refractivity contribution is 0.119. The number of thiazole rings is 1. The molecular formula is C19H29IN4O2S. The maximum Gasteiger partial charge on any atom is 0.193 e. The minimum absolute atomic E-state index is 0. The van der Waals surface area contributed by atoms with Crippen molar-refractivity contribution in [3.05, 3.63) is 45.9 Å². The van der Waals surface area contributed by atoms with Crippen LogP contribution in [0.2, 0.25) is 0 Å². The summed E-state index contributed by atoms with van der Waals surface area (Å²) in [6.07, 6.45) is 0.915. The van der Waals surface area contributed by atoms with Crippen molar-refractivity contribution in [2.75, 3.05) is 34.4 Å². The second-order valence-electron chi connectivity index (χ2n) is 5.94. The van der Waals surface area contributed by atoms with E-state index in [-0.39, 0.29) is 24.0 Å². The first-order valence-corrected chi connectivity index (χ1v) is 9.53. The van der Waals surface area contributed by atoms with E-state index in [1.807, 2.05) is 38.2 Å².